The van der Waals surface area contributed by atoms with E-state index in [9.17, 15) is 9.59 Å². The van der Waals surface area contributed by atoms with Gasteiger partial charge in [-0.25, -0.2) is 0 Å². The van der Waals surface area contributed by atoms with E-state index >= 15 is 0 Å². The highest BCUT2D eigenvalue weighted by atomic mass is 16.1. The number of hydrogen-bond acceptors (Lipinski definition) is 2. The molecule has 0 fully saturated rings. The van der Waals surface area contributed by atoms with Crippen LogP contribution in [0.4, 0.5) is 0 Å². The average molecular weight is 423 g/mol. The van der Waals surface area contributed by atoms with Crippen molar-refractivity contribution < 1.29 is 9.59 Å². The molecule has 0 spiro atoms. The van der Waals surface area contributed by atoms with E-state index in [-0.39, 0.29) is 11.6 Å². The van der Waals surface area contributed by atoms with Gasteiger partial charge in [-0.15, -0.1) is 0 Å². The Labute approximate surface area is 190 Å². The van der Waals surface area contributed by atoms with Gasteiger partial charge in [0.05, 0.1) is 0 Å². The first-order valence-electron chi connectivity index (χ1n) is 12.0. The molecular formula is C30H30O2. The summed E-state index contributed by atoms with van der Waals surface area (Å²) in [5, 5.41) is 0. The van der Waals surface area contributed by atoms with Crippen LogP contribution in [0, 0.1) is 5.92 Å². The van der Waals surface area contributed by atoms with Gasteiger partial charge in [-0.1, -0.05) is 75.9 Å². The van der Waals surface area contributed by atoms with Crippen LogP contribution in [0.2, 0.25) is 0 Å². The van der Waals surface area contributed by atoms with Crippen molar-refractivity contribution in [3.05, 3.63) is 105 Å². The van der Waals surface area contributed by atoms with E-state index in [2.05, 4.69) is 32.0 Å². The van der Waals surface area contributed by atoms with Crippen molar-refractivity contribution in [2.45, 2.75) is 58.8 Å². The average Bonchev–Trinajstić information content (AvgIpc) is 2.82. The van der Waals surface area contributed by atoms with Crippen molar-refractivity contribution in [3.8, 4) is 0 Å². The van der Waals surface area contributed by atoms with Gasteiger partial charge in [-0.05, 0) is 71.2 Å². The zero-order chi connectivity index (χ0) is 22.2. The topological polar surface area (TPSA) is 34.1 Å². The van der Waals surface area contributed by atoms with Crippen molar-refractivity contribution in [2.75, 3.05) is 0 Å². The minimum absolute atomic E-state index is 0.0796. The van der Waals surface area contributed by atoms with Gasteiger partial charge < -0.3 is 0 Å². The summed E-state index contributed by atoms with van der Waals surface area (Å²) in [4.78, 5) is 26.6. The molecule has 0 radical (unpaired) electrons. The van der Waals surface area contributed by atoms with Crippen LogP contribution in [-0.2, 0) is 19.3 Å². The summed E-state index contributed by atoms with van der Waals surface area (Å²) in [5.74, 6) is 0.867. The second-order valence-electron chi connectivity index (χ2n) is 9.45. The van der Waals surface area contributed by atoms with Crippen LogP contribution in [0.5, 0.6) is 0 Å². The minimum Gasteiger partial charge on any atom is -0.289 e. The Morgan fingerprint density at radius 2 is 1.34 bits per heavy atom. The molecule has 0 bridgehead atoms. The molecule has 2 heteroatoms. The van der Waals surface area contributed by atoms with Crippen molar-refractivity contribution >= 4 is 11.6 Å². The fourth-order valence-corrected chi connectivity index (χ4v) is 5.39. The van der Waals surface area contributed by atoms with Crippen molar-refractivity contribution in [3.63, 3.8) is 0 Å². The third kappa shape index (κ3) is 3.62. The first-order valence-corrected chi connectivity index (χ1v) is 12.0. The maximum Gasteiger partial charge on any atom is 0.193 e. The molecule has 1 atom stereocenters. The molecular weight excluding hydrogens is 392 g/mol. The summed E-state index contributed by atoms with van der Waals surface area (Å²) >= 11 is 0. The lowest BCUT2D eigenvalue weighted by molar-refractivity contribution is 0.102. The summed E-state index contributed by atoms with van der Waals surface area (Å²) in [7, 11) is 0. The molecule has 5 rings (SSSR count). The largest absolute Gasteiger partial charge is 0.289 e. The Hall–Kier alpha value is -3.00. The molecule has 0 aromatic heterocycles. The number of ketones is 2. The Morgan fingerprint density at radius 1 is 0.719 bits per heavy atom. The predicted octanol–water partition coefficient (Wildman–Crippen LogP) is 6.72. The standard InChI is InChI=1S/C30H30O2/c1-3-5-8-19(4-2)13-20-11-12-22-16-24-17-27-23(18-28(24)30(32)26(22)14-20)15-21-9-6-7-10-25(21)29(27)31/h6-7,9-12,14,17-19H,3-5,8,13,15-16H2,1-2H3. The van der Waals surface area contributed by atoms with Gasteiger partial charge in [0.15, 0.2) is 11.6 Å². The quantitative estimate of drug-likeness (QED) is 0.304. The second-order valence-corrected chi connectivity index (χ2v) is 9.45. The Morgan fingerprint density at radius 3 is 2.03 bits per heavy atom. The Bertz CT molecular complexity index is 1220. The number of unbranched alkanes of at least 4 members (excludes halogenated alkanes) is 1. The molecule has 0 saturated heterocycles. The zero-order valence-corrected chi connectivity index (χ0v) is 19.0. The van der Waals surface area contributed by atoms with E-state index in [4.69, 9.17) is 0 Å². The van der Waals surface area contributed by atoms with E-state index < -0.39 is 0 Å². The van der Waals surface area contributed by atoms with Gasteiger partial charge in [0.25, 0.3) is 0 Å². The zero-order valence-electron chi connectivity index (χ0n) is 19.0. The molecule has 2 aliphatic rings. The lowest BCUT2D eigenvalue weighted by atomic mass is 9.77. The van der Waals surface area contributed by atoms with E-state index in [0.29, 0.717) is 18.8 Å². The Balaban J connectivity index is 1.47. The van der Waals surface area contributed by atoms with Gasteiger partial charge in [-0.3, -0.25) is 9.59 Å². The fourth-order valence-electron chi connectivity index (χ4n) is 5.39. The molecule has 0 aliphatic heterocycles. The van der Waals surface area contributed by atoms with Gasteiger partial charge in [-0.2, -0.15) is 0 Å². The molecule has 3 aromatic rings. The highest BCUT2D eigenvalue weighted by molar-refractivity contribution is 6.16. The number of hydrogen-bond donors (Lipinski definition) is 0. The first kappa shape index (κ1) is 20.9. The van der Waals surface area contributed by atoms with Crippen LogP contribution in [-0.4, -0.2) is 11.6 Å². The molecule has 0 saturated carbocycles. The number of rotatable bonds is 6. The van der Waals surface area contributed by atoms with Crippen LogP contribution in [0.25, 0.3) is 0 Å². The summed E-state index contributed by atoms with van der Waals surface area (Å²) in [6.45, 7) is 4.51. The third-order valence-corrected chi connectivity index (χ3v) is 7.33. The van der Waals surface area contributed by atoms with Crippen molar-refractivity contribution in [1.82, 2.24) is 0 Å². The lowest BCUT2D eigenvalue weighted by Crippen LogP contribution is -2.21. The number of carbonyl (C=O) groups excluding carboxylic acids is 2. The maximum absolute atomic E-state index is 13.5. The van der Waals surface area contributed by atoms with Gasteiger partial charge in [0, 0.05) is 22.3 Å². The van der Waals surface area contributed by atoms with E-state index in [1.165, 1.54) is 31.2 Å². The molecule has 3 aromatic carbocycles. The van der Waals surface area contributed by atoms with E-state index in [0.717, 1.165) is 50.9 Å². The molecule has 2 aliphatic carbocycles. The lowest BCUT2D eigenvalue weighted by Gasteiger charge is -2.25. The fraction of sp³-hybridized carbons (Fsp3) is 0.333. The molecule has 0 N–H and O–H groups in total. The number of carbonyl (C=O) groups is 2. The van der Waals surface area contributed by atoms with Crippen molar-refractivity contribution in [2.24, 2.45) is 5.92 Å². The van der Waals surface area contributed by atoms with E-state index in [1.807, 2.05) is 36.4 Å². The predicted molar refractivity (Wildman–Crippen MR) is 129 cm³/mol. The maximum atomic E-state index is 13.5. The molecule has 162 valence electrons. The molecule has 0 heterocycles. The first-order chi connectivity index (χ1) is 15.6. The second kappa shape index (κ2) is 8.50. The summed E-state index contributed by atoms with van der Waals surface area (Å²) in [6, 6.07) is 18.3. The monoisotopic (exact) mass is 422 g/mol. The normalized spacial score (nSPS) is 14.9. The van der Waals surface area contributed by atoms with E-state index in [1.54, 1.807) is 0 Å². The highest BCUT2D eigenvalue weighted by Gasteiger charge is 2.29. The van der Waals surface area contributed by atoms with Crippen LogP contribution >= 0.6 is 0 Å². The summed E-state index contributed by atoms with van der Waals surface area (Å²) in [6.07, 6.45) is 7.39. The smallest absolute Gasteiger partial charge is 0.193 e. The SMILES string of the molecule is CCCCC(CC)Cc1ccc2c(c1)C(=O)c1cc3c(cc1C2)C(=O)c1ccccc1C3. The number of benzene rings is 3. The van der Waals surface area contributed by atoms with Gasteiger partial charge in [0.2, 0.25) is 0 Å². The number of fused-ring (bicyclic) bond motifs is 4. The molecule has 1 unspecified atom stereocenters. The van der Waals surface area contributed by atoms with Crippen LogP contribution in [0.1, 0.15) is 99.2 Å². The van der Waals surface area contributed by atoms with Crippen LogP contribution < -0.4 is 0 Å². The molecule has 2 nitrogen and oxygen atoms in total. The van der Waals surface area contributed by atoms with Gasteiger partial charge >= 0.3 is 0 Å². The highest BCUT2D eigenvalue weighted by Crippen LogP contribution is 2.35. The summed E-state index contributed by atoms with van der Waals surface area (Å²) in [5.41, 5.74) is 8.54. The van der Waals surface area contributed by atoms with Crippen LogP contribution in [0.3, 0.4) is 0 Å². The van der Waals surface area contributed by atoms with Gasteiger partial charge in [0.1, 0.15) is 0 Å². The third-order valence-electron chi connectivity index (χ3n) is 7.33. The van der Waals surface area contributed by atoms with Crippen LogP contribution in [0.15, 0.2) is 54.6 Å². The summed E-state index contributed by atoms with van der Waals surface area (Å²) < 4.78 is 0. The molecule has 0 amide bonds. The minimum atomic E-state index is 0.0796. The Kier molecular flexibility index (Phi) is 5.55. The van der Waals surface area contributed by atoms with Crippen molar-refractivity contribution in [1.29, 1.82) is 0 Å². The molecule has 32 heavy (non-hydrogen) atoms.